The van der Waals surface area contributed by atoms with Gasteiger partial charge in [-0.3, -0.25) is 4.79 Å². The molecule has 3 aromatic rings. The monoisotopic (exact) mass is 312 g/mol. The van der Waals surface area contributed by atoms with Gasteiger partial charge in [0.05, 0.1) is 6.42 Å². The van der Waals surface area contributed by atoms with Crippen molar-refractivity contribution in [3.63, 3.8) is 0 Å². The van der Waals surface area contributed by atoms with E-state index in [9.17, 15) is 9.18 Å². The van der Waals surface area contributed by atoms with Gasteiger partial charge in [-0.25, -0.2) is 9.37 Å². The molecule has 0 saturated carbocycles. The van der Waals surface area contributed by atoms with Crippen LogP contribution < -0.4 is 5.32 Å². The second kappa shape index (κ2) is 6.49. The van der Waals surface area contributed by atoms with E-state index in [1.807, 2.05) is 29.6 Å². The summed E-state index contributed by atoms with van der Waals surface area (Å²) >= 11 is 1.57. The van der Waals surface area contributed by atoms with E-state index >= 15 is 0 Å². The second-order valence-electron chi connectivity index (χ2n) is 4.77. The average molecular weight is 312 g/mol. The number of amides is 1. The number of anilines is 1. The van der Waals surface area contributed by atoms with Crippen LogP contribution in [0.1, 0.15) is 5.56 Å². The Bertz CT molecular complexity index is 752. The summed E-state index contributed by atoms with van der Waals surface area (Å²) in [6.07, 6.45) is 1.98. The minimum absolute atomic E-state index is 0.131. The highest BCUT2D eigenvalue weighted by atomic mass is 32.1. The Morgan fingerprint density at radius 2 is 1.82 bits per heavy atom. The Balaban J connectivity index is 1.63. The van der Waals surface area contributed by atoms with Crippen LogP contribution in [0, 0.1) is 5.82 Å². The lowest BCUT2D eigenvalue weighted by Crippen LogP contribution is -2.14. The van der Waals surface area contributed by atoms with Crippen molar-refractivity contribution in [3.8, 4) is 10.6 Å². The zero-order valence-electron chi connectivity index (χ0n) is 11.6. The van der Waals surface area contributed by atoms with Crippen LogP contribution in [0.4, 0.5) is 10.1 Å². The van der Waals surface area contributed by atoms with Gasteiger partial charge in [0.2, 0.25) is 5.91 Å². The van der Waals surface area contributed by atoms with Crippen molar-refractivity contribution >= 4 is 22.9 Å². The molecule has 0 spiro atoms. The minimum Gasteiger partial charge on any atom is -0.326 e. The van der Waals surface area contributed by atoms with Gasteiger partial charge in [0.1, 0.15) is 10.8 Å². The number of nitrogens with one attached hydrogen (secondary N) is 1. The normalized spacial score (nSPS) is 10.4. The van der Waals surface area contributed by atoms with Crippen molar-refractivity contribution < 1.29 is 9.18 Å². The number of hydrogen-bond acceptors (Lipinski definition) is 3. The molecule has 0 atom stereocenters. The molecule has 0 aliphatic heterocycles. The Hall–Kier alpha value is -2.53. The summed E-state index contributed by atoms with van der Waals surface area (Å²) < 4.78 is 12.8. The number of benzene rings is 2. The van der Waals surface area contributed by atoms with E-state index in [0.29, 0.717) is 0 Å². The molecule has 22 heavy (non-hydrogen) atoms. The molecular formula is C17H13FN2OS. The van der Waals surface area contributed by atoms with E-state index in [-0.39, 0.29) is 18.1 Å². The van der Waals surface area contributed by atoms with Gasteiger partial charge in [0, 0.05) is 22.8 Å². The first-order valence-corrected chi connectivity index (χ1v) is 7.63. The highest BCUT2D eigenvalue weighted by Gasteiger charge is 2.05. The van der Waals surface area contributed by atoms with Crippen LogP contribution in [-0.2, 0) is 11.2 Å². The molecule has 0 aliphatic rings. The molecule has 0 fully saturated rings. The van der Waals surface area contributed by atoms with Crippen LogP contribution in [-0.4, -0.2) is 10.9 Å². The van der Waals surface area contributed by atoms with Gasteiger partial charge >= 0.3 is 0 Å². The van der Waals surface area contributed by atoms with E-state index < -0.39 is 0 Å². The van der Waals surface area contributed by atoms with Gasteiger partial charge in [-0.2, -0.15) is 0 Å². The smallest absolute Gasteiger partial charge is 0.228 e. The molecule has 110 valence electrons. The van der Waals surface area contributed by atoms with E-state index in [2.05, 4.69) is 10.3 Å². The quantitative estimate of drug-likeness (QED) is 0.787. The van der Waals surface area contributed by atoms with Crippen LogP contribution in [0.3, 0.4) is 0 Å². The molecule has 0 unspecified atom stereocenters. The van der Waals surface area contributed by atoms with E-state index in [0.717, 1.165) is 21.8 Å². The number of nitrogens with zero attached hydrogens (tertiary/aromatic N) is 1. The Morgan fingerprint density at radius 1 is 1.09 bits per heavy atom. The summed E-state index contributed by atoms with van der Waals surface area (Å²) in [5, 5.41) is 5.70. The number of rotatable bonds is 4. The van der Waals surface area contributed by atoms with Crippen molar-refractivity contribution in [1.29, 1.82) is 0 Å². The van der Waals surface area contributed by atoms with Crippen molar-refractivity contribution in [1.82, 2.24) is 4.98 Å². The maximum absolute atomic E-state index is 12.8. The molecule has 3 nitrogen and oxygen atoms in total. The fourth-order valence-electron chi connectivity index (χ4n) is 2.05. The molecule has 1 amide bonds. The zero-order valence-corrected chi connectivity index (χ0v) is 12.4. The van der Waals surface area contributed by atoms with Crippen LogP contribution in [0.5, 0.6) is 0 Å². The van der Waals surface area contributed by atoms with Crippen molar-refractivity contribution in [2.24, 2.45) is 0 Å². The summed E-state index contributed by atoms with van der Waals surface area (Å²) in [6.45, 7) is 0. The highest BCUT2D eigenvalue weighted by Crippen LogP contribution is 2.23. The molecule has 0 radical (unpaired) electrons. The molecule has 5 heteroatoms. The molecule has 1 aromatic heterocycles. The van der Waals surface area contributed by atoms with Gasteiger partial charge in [-0.1, -0.05) is 12.1 Å². The lowest BCUT2D eigenvalue weighted by atomic mass is 10.1. The third kappa shape index (κ3) is 3.56. The molecule has 2 aromatic carbocycles. The molecule has 1 heterocycles. The van der Waals surface area contributed by atoms with Gasteiger partial charge in [0.25, 0.3) is 0 Å². The molecule has 3 rings (SSSR count). The molecule has 0 bridgehead atoms. The Labute approximate surface area is 131 Å². The summed E-state index contributed by atoms with van der Waals surface area (Å²) in [4.78, 5) is 16.2. The first-order chi connectivity index (χ1) is 10.7. The highest BCUT2D eigenvalue weighted by molar-refractivity contribution is 7.13. The largest absolute Gasteiger partial charge is 0.326 e. The number of hydrogen-bond donors (Lipinski definition) is 1. The maximum atomic E-state index is 12.8. The van der Waals surface area contributed by atoms with Crippen LogP contribution >= 0.6 is 11.3 Å². The maximum Gasteiger partial charge on any atom is 0.228 e. The summed E-state index contributed by atoms with van der Waals surface area (Å²) in [6, 6.07) is 13.5. The summed E-state index contributed by atoms with van der Waals surface area (Å²) in [5.41, 5.74) is 2.53. The molecule has 0 saturated heterocycles. The van der Waals surface area contributed by atoms with Crippen LogP contribution in [0.25, 0.3) is 10.6 Å². The number of carbonyl (C=O) groups excluding carboxylic acids is 1. The molecule has 0 aliphatic carbocycles. The van der Waals surface area contributed by atoms with Gasteiger partial charge in [-0.05, 0) is 42.0 Å². The van der Waals surface area contributed by atoms with E-state index in [4.69, 9.17) is 0 Å². The van der Waals surface area contributed by atoms with Crippen LogP contribution in [0.2, 0.25) is 0 Å². The number of aromatic nitrogens is 1. The van der Waals surface area contributed by atoms with Crippen LogP contribution in [0.15, 0.2) is 60.1 Å². The first kappa shape index (κ1) is 14.4. The zero-order chi connectivity index (χ0) is 15.4. The van der Waals surface area contributed by atoms with E-state index in [1.165, 1.54) is 12.1 Å². The third-order valence-corrected chi connectivity index (χ3v) is 3.95. The average Bonchev–Trinajstić information content (AvgIpc) is 3.05. The molecule has 1 N–H and O–H groups in total. The Morgan fingerprint density at radius 3 is 2.45 bits per heavy atom. The number of thiazole rings is 1. The lowest BCUT2D eigenvalue weighted by Gasteiger charge is -2.06. The number of carbonyl (C=O) groups is 1. The second-order valence-corrected chi connectivity index (χ2v) is 5.66. The fourth-order valence-corrected chi connectivity index (χ4v) is 2.70. The predicted molar refractivity (Wildman–Crippen MR) is 86.3 cm³/mol. The van der Waals surface area contributed by atoms with E-state index in [1.54, 1.807) is 29.7 Å². The third-order valence-electron chi connectivity index (χ3n) is 3.13. The lowest BCUT2D eigenvalue weighted by molar-refractivity contribution is -0.115. The minimum atomic E-state index is -0.304. The van der Waals surface area contributed by atoms with Crippen molar-refractivity contribution in [2.75, 3.05) is 5.32 Å². The number of halogens is 1. The molecular weight excluding hydrogens is 299 g/mol. The Kier molecular flexibility index (Phi) is 4.25. The van der Waals surface area contributed by atoms with Gasteiger partial charge in [-0.15, -0.1) is 11.3 Å². The van der Waals surface area contributed by atoms with Crippen molar-refractivity contribution in [2.45, 2.75) is 6.42 Å². The van der Waals surface area contributed by atoms with Gasteiger partial charge < -0.3 is 5.32 Å². The first-order valence-electron chi connectivity index (χ1n) is 6.75. The fraction of sp³-hybridized carbons (Fsp3) is 0.0588. The van der Waals surface area contributed by atoms with Gasteiger partial charge in [0.15, 0.2) is 0 Å². The topological polar surface area (TPSA) is 42.0 Å². The summed E-state index contributed by atoms with van der Waals surface area (Å²) in [7, 11) is 0. The van der Waals surface area contributed by atoms with Crippen molar-refractivity contribution in [3.05, 3.63) is 71.5 Å². The SMILES string of the molecule is O=C(Cc1ccc(F)cc1)Nc1ccc(-c2nccs2)cc1. The summed E-state index contributed by atoms with van der Waals surface area (Å²) in [5.74, 6) is -0.435. The predicted octanol–water partition coefficient (Wildman–Crippen LogP) is 4.13. The standard InChI is InChI=1S/C17H13FN2OS/c18-14-5-1-12(2-6-14)11-16(21)20-15-7-3-13(4-8-15)17-19-9-10-22-17/h1-10H,11H2,(H,20,21).